The molecule has 0 radical (unpaired) electrons. The second-order valence-corrected chi connectivity index (χ2v) is 7.34. The zero-order valence-electron chi connectivity index (χ0n) is 16.0. The molecule has 1 saturated heterocycles. The van der Waals surface area contributed by atoms with Gasteiger partial charge >= 0.3 is 6.61 Å². The zero-order valence-corrected chi connectivity index (χ0v) is 16.0. The van der Waals surface area contributed by atoms with Crippen LogP contribution in [0.3, 0.4) is 0 Å². The molecule has 2 N–H and O–H groups in total. The fraction of sp³-hybridized carbons (Fsp3) is 0.409. The normalized spacial score (nSPS) is 20.6. The molecule has 6 heteroatoms. The van der Waals surface area contributed by atoms with Crippen molar-refractivity contribution in [3.63, 3.8) is 0 Å². The average molecular weight is 389 g/mol. The highest BCUT2D eigenvalue weighted by atomic mass is 19.3. The number of nitrogens with one attached hydrogen (secondary N) is 2. The fourth-order valence-corrected chi connectivity index (χ4v) is 3.78. The number of hydrogen-bond acceptors (Lipinski definition) is 2. The van der Waals surface area contributed by atoms with Crippen molar-refractivity contribution in [2.45, 2.75) is 44.9 Å². The zero-order chi connectivity index (χ0) is 19.9. The van der Waals surface area contributed by atoms with Crippen molar-refractivity contribution in [2.24, 2.45) is 0 Å². The van der Waals surface area contributed by atoms with E-state index in [1.54, 1.807) is 12.1 Å². The van der Waals surface area contributed by atoms with E-state index in [0.29, 0.717) is 12.6 Å². The van der Waals surface area contributed by atoms with Crippen LogP contribution in [0.15, 0.2) is 54.6 Å². The third-order valence-electron chi connectivity index (χ3n) is 5.35. The molecule has 3 rings (SSSR count). The maximum Gasteiger partial charge on any atom is 0.387 e. The molecular weight excluding hydrogens is 362 g/mol. The molecule has 3 atom stereocenters. The topological polar surface area (TPSA) is 42.8 Å². The minimum Gasteiger partial charge on any atom is -0.435 e. The molecule has 1 fully saturated rings. The summed E-state index contributed by atoms with van der Waals surface area (Å²) in [6.07, 6.45) is 3.53. The number of carbonyl (C=O) groups excluding carboxylic acids is 1. The van der Waals surface area contributed by atoms with E-state index in [1.807, 2.05) is 30.3 Å². The molecule has 0 aliphatic carbocycles. The molecule has 1 unspecified atom stereocenters. The number of piperidine rings is 1. The van der Waals surface area contributed by atoms with E-state index in [4.69, 9.17) is 0 Å². The van der Waals surface area contributed by atoms with Gasteiger partial charge in [0.25, 0.3) is 5.91 Å². The quantitative estimate of drug-likeness (QED) is 0.765. The lowest BCUT2D eigenvalue weighted by Crippen LogP contribution is -3.17. The van der Waals surface area contributed by atoms with Crippen LogP contribution in [0.4, 0.5) is 8.78 Å². The Balaban J connectivity index is 1.75. The Kier molecular flexibility index (Phi) is 6.98. The van der Waals surface area contributed by atoms with Gasteiger partial charge in [0.15, 0.2) is 6.54 Å². The highest BCUT2D eigenvalue weighted by Gasteiger charge is 2.26. The summed E-state index contributed by atoms with van der Waals surface area (Å²) in [5.41, 5.74) is 1.77. The lowest BCUT2D eigenvalue weighted by atomic mass is 9.98. The lowest BCUT2D eigenvalue weighted by molar-refractivity contribution is -0.921. The van der Waals surface area contributed by atoms with E-state index in [9.17, 15) is 13.6 Å². The summed E-state index contributed by atoms with van der Waals surface area (Å²) in [7, 11) is 0. The molecule has 1 aliphatic rings. The van der Waals surface area contributed by atoms with E-state index in [1.165, 1.54) is 23.5 Å². The number of amides is 1. The third-order valence-corrected chi connectivity index (χ3v) is 5.35. The molecule has 1 amide bonds. The molecular formula is C22H27F2N2O2+. The standard InChI is InChI=1S/C22H26F2N2O2/c1-16-7-5-6-14-26(16)15-20(27)25-21(17-8-3-2-4-9-17)18-10-12-19(13-11-18)28-22(23)24/h2-4,8-13,16,21-22H,5-7,14-15H2,1H3,(H,25,27)/p+1/t16-,21+/m1/s1. The molecule has 4 nitrogen and oxygen atoms in total. The van der Waals surface area contributed by atoms with Crippen LogP contribution in [0.25, 0.3) is 0 Å². The SMILES string of the molecule is C[C@@H]1CCCC[NH+]1CC(=O)N[C@@H](c1ccccc1)c1ccc(OC(F)F)cc1. The Morgan fingerprint density at radius 3 is 2.43 bits per heavy atom. The van der Waals surface area contributed by atoms with E-state index < -0.39 is 6.61 Å². The van der Waals surface area contributed by atoms with Crippen LogP contribution in [-0.4, -0.2) is 31.7 Å². The summed E-state index contributed by atoms with van der Waals surface area (Å²) in [4.78, 5) is 14.1. The second kappa shape index (κ2) is 9.64. The summed E-state index contributed by atoms with van der Waals surface area (Å²) in [5, 5.41) is 3.13. The molecule has 0 aromatic heterocycles. The van der Waals surface area contributed by atoms with Crippen LogP contribution >= 0.6 is 0 Å². The molecule has 0 saturated carbocycles. The van der Waals surface area contributed by atoms with Gasteiger partial charge in [-0.15, -0.1) is 0 Å². The molecule has 1 aliphatic heterocycles. The molecule has 0 bridgehead atoms. The molecule has 0 spiro atoms. The van der Waals surface area contributed by atoms with Gasteiger partial charge in [-0.05, 0) is 49.4 Å². The number of ether oxygens (including phenoxy) is 1. The van der Waals surface area contributed by atoms with Gasteiger partial charge in [0, 0.05) is 0 Å². The predicted octanol–water partition coefficient (Wildman–Crippen LogP) is 2.95. The van der Waals surface area contributed by atoms with Gasteiger partial charge in [0.05, 0.1) is 18.6 Å². The Bertz CT molecular complexity index is 753. The van der Waals surface area contributed by atoms with Crippen LogP contribution in [0, 0.1) is 0 Å². The van der Waals surface area contributed by atoms with E-state index >= 15 is 0 Å². The molecule has 28 heavy (non-hydrogen) atoms. The monoisotopic (exact) mass is 389 g/mol. The highest BCUT2D eigenvalue weighted by molar-refractivity contribution is 5.78. The second-order valence-electron chi connectivity index (χ2n) is 7.34. The van der Waals surface area contributed by atoms with E-state index in [0.717, 1.165) is 30.5 Å². The maximum atomic E-state index is 12.8. The van der Waals surface area contributed by atoms with Gasteiger partial charge in [-0.1, -0.05) is 42.5 Å². The van der Waals surface area contributed by atoms with Crippen molar-refractivity contribution >= 4 is 5.91 Å². The average Bonchev–Trinajstić information content (AvgIpc) is 2.69. The van der Waals surface area contributed by atoms with Crippen LogP contribution in [0.2, 0.25) is 0 Å². The van der Waals surface area contributed by atoms with Gasteiger partial charge in [0.1, 0.15) is 5.75 Å². The first-order valence-corrected chi connectivity index (χ1v) is 9.76. The number of carbonyl (C=O) groups is 1. The molecule has 150 valence electrons. The van der Waals surface area contributed by atoms with E-state index in [-0.39, 0.29) is 17.7 Å². The summed E-state index contributed by atoms with van der Waals surface area (Å²) >= 11 is 0. The van der Waals surface area contributed by atoms with Crippen molar-refractivity contribution in [3.8, 4) is 5.75 Å². The first kappa shape index (κ1) is 20.3. The van der Waals surface area contributed by atoms with Gasteiger partial charge in [0.2, 0.25) is 0 Å². The summed E-state index contributed by atoms with van der Waals surface area (Å²) in [6.45, 7) is 0.796. The lowest BCUT2D eigenvalue weighted by Gasteiger charge is -2.30. The molecule has 2 aromatic carbocycles. The maximum absolute atomic E-state index is 12.8. The summed E-state index contributed by atoms with van der Waals surface area (Å²) in [5.74, 6) is 0.0917. The number of likely N-dealkylation sites (tertiary alicyclic amines) is 1. The number of rotatable bonds is 7. The number of benzene rings is 2. The molecule has 2 aromatic rings. The van der Waals surface area contributed by atoms with Crippen LogP contribution in [-0.2, 0) is 4.79 Å². The van der Waals surface area contributed by atoms with Crippen LogP contribution in [0.1, 0.15) is 43.4 Å². The van der Waals surface area contributed by atoms with Crippen molar-refractivity contribution in [1.82, 2.24) is 5.32 Å². The smallest absolute Gasteiger partial charge is 0.387 e. The van der Waals surface area contributed by atoms with E-state index in [2.05, 4.69) is 17.0 Å². The highest BCUT2D eigenvalue weighted by Crippen LogP contribution is 2.24. The van der Waals surface area contributed by atoms with Crippen molar-refractivity contribution in [1.29, 1.82) is 0 Å². The fourth-order valence-electron chi connectivity index (χ4n) is 3.78. The predicted molar refractivity (Wildman–Crippen MR) is 104 cm³/mol. The number of quaternary nitrogens is 1. The Hall–Kier alpha value is -2.47. The Morgan fingerprint density at radius 1 is 1.11 bits per heavy atom. The molecule has 1 heterocycles. The Labute approximate surface area is 164 Å². The van der Waals surface area contributed by atoms with Crippen molar-refractivity contribution < 1.29 is 23.2 Å². The van der Waals surface area contributed by atoms with Gasteiger partial charge < -0.3 is 15.0 Å². The van der Waals surface area contributed by atoms with Gasteiger partial charge in [-0.3, -0.25) is 4.79 Å². The van der Waals surface area contributed by atoms with Crippen molar-refractivity contribution in [2.75, 3.05) is 13.1 Å². The number of halogens is 2. The first-order chi connectivity index (χ1) is 13.5. The first-order valence-electron chi connectivity index (χ1n) is 9.76. The minimum atomic E-state index is -2.86. The number of hydrogen-bond donors (Lipinski definition) is 2. The summed E-state index contributed by atoms with van der Waals surface area (Å²) in [6, 6.07) is 16.2. The van der Waals surface area contributed by atoms with Crippen LogP contribution < -0.4 is 15.0 Å². The third kappa shape index (κ3) is 5.52. The Morgan fingerprint density at radius 2 is 1.79 bits per heavy atom. The van der Waals surface area contributed by atoms with Gasteiger partial charge in [-0.2, -0.15) is 8.78 Å². The number of alkyl halides is 2. The van der Waals surface area contributed by atoms with Crippen LogP contribution in [0.5, 0.6) is 5.75 Å². The summed E-state index contributed by atoms with van der Waals surface area (Å²) < 4.78 is 29.2. The van der Waals surface area contributed by atoms with Gasteiger partial charge in [-0.25, -0.2) is 0 Å². The minimum absolute atomic E-state index is 0.00879. The largest absolute Gasteiger partial charge is 0.435 e. The van der Waals surface area contributed by atoms with Crippen molar-refractivity contribution in [3.05, 3.63) is 65.7 Å².